The highest BCUT2D eigenvalue weighted by atomic mass is 32.1. The summed E-state index contributed by atoms with van der Waals surface area (Å²) in [5.41, 5.74) is 9.41. The number of allylic oxidation sites excluding steroid dienone is 2. The van der Waals surface area contributed by atoms with Gasteiger partial charge in [0.2, 0.25) is 0 Å². The zero-order valence-corrected chi connectivity index (χ0v) is 20.1. The SMILES string of the molecule is C=C1C(C)=C(c2ccc(O)c(C)c2)Oc2ccc(-c3ccc(-c4ccccc4)cc3)cc21.NS. The van der Waals surface area contributed by atoms with Gasteiger partial charge in [-0.05, 0) is 83.1 Å². The number of aromatic hydroxyl groups is 1. The third kappa shape index (κ3) is 4.51. The van der Waals surface area contributed by atoms with Crippen LogP contribution in [0, 0.1) is 6.92 Å². The first-order chi connectivity index (χ1) is 16.5. The van der Waals surface area contributed by atoms with Gasteiger partial charge < -0.3 is 9.84 Å². The summed E-state index contributed by atoms with van der Waals surface area (Å²) in [5.74, 6) is 1.86. The van der Waals surface area contributed by atoms with E-state index < -0.39 is 0 Å². The molecule has 0 spiro atoms. The number of thiol groups is 1. The standard InChI is InChI=1S/C30H24O2.H3NS/c1-19-17-26(13-15-28(19)31)30-21(3)20(2)27-18-25(14-16-29(27)32-30)24-11-9-23(10-12-24)22-7-5-4-6-8-22;1-2/h4-18,31H,2H2,1,3H3;2H,1H2. The Morgan fingerprint density at radius 2 is 1.26 bits per heavy atom. The van der Waals surface area contributed by atoms with Crippen LogP contribution < -0.4 is 9.88 Å². The summed E-state index contributed by atoms with van der Waals surface area (Å²) in [6, 6.07) is 30.8. The van der Waals surface area contributed by atoms with Crippen molar-refractivity contribution in [2.75, 3.05) is 0 Å². The van der Waals surface area contributed by atoms with Crippen molar-refractivity contribution < 1.29 is 9.84 Å². The maximum Gasteiger partial charge on any atom is 0.138 e. The minimum absolute atomic E-state index is 0.282. The van der Waals surface area contributed by atoms with Crippen LogP contribution in [0.2, 0.25) is 0 Å². The first-order valence-corrected chi connectivity index (χ1v) is 11.5. The van der Waals surface area contributed by atoms with E-state index in [4.69, 9.17) is 4.74 Å². The molecular weight excluding hydrogens is 438 g/mol. The van der Waals surface area contributed by atoms with Gasteiger partial charge >= 0.3 is 0 Å². The molecule has 170 valence electrons. The van der Waals surface area contributed by atoms with Crippen LogP contribution in [0.5, 0.6) is 11.5 Å². The number of nitrogens with two attached hydrogens (primary N) is 1. The Bertz CT molecular complexity index is 1370. The molecule has 0 radical (unpaired) electrons. The monoisotopic (exact) mass is 465 g/mol. The summed E-state index contributed by atoms with van der Waals surface area (Å²) in [5, 5.41) is 14.1. The molecule has 34 heavy (non-hydrogen) atoms. The Morgan fingerprint density at radius 3 is 1.91 bits per heavy atom. The number of phenols is 1. The molecule has 3 nitrogen and oxygen atoms in total. The fourth-order valence-corrected chi connectivity index (χ4v) is 4.12. The first-order valence-electron chi connectivity index (χ1n) is 11.0. The van der Waals surface area contributed by atoms with Gasteiger partial charge in [0.05, 0.1) is 0 Å². The molecule has 0 unspecified atom stereocenters. The van der Waals surface area contributed by atoms with E-state index in [1.54, 1.807) is 6.07 Å². The third-order valence-corrected chi connectivity index (χ3v) is 6.09. The van der Waals surface area contributed by atoms with Crippen molar-refractivity contribution in [1.82, 2.24) is 0 Å². The summed E-state index contributed by atoms with van der Waals surface area (Å²) < 4.78 is 6.30. The fraction of sp³-hybridized carbons (Fsp3) is 0.0667. The lowest BCUT2D eigenvalue weighted by molar-refractivity contribution is 0.470. The highest BCUT2D eigenvalue weighted by molar-refractivity contribution is 7.77. The van der Waals surface area contributed by atoms with E-state index in [9.17, 15) is 5.11 Å². The van der Waals surface area contributed by atoms with Gasteiger partial charge in [-0.3, -0.25) is 5.14 Å². The van der Waals surface area contributed by atoms with Crippen LogP contribution in [-0.4, -0.2) is 5.11 Å². The molecule has 0 bridgehead atoms. The van der Waals surface area contributed by atoms with Crippen molar-refractivity contribution in [3.63, 3.8) is 0 Å². The van der Waals surface area contributed by atoms with Crippen molar-refractivity contribution in [2.45, 2.75) is 13.8 Å². The Morgan fingerprint density at radius 1 is 0.706 bits per heavy atom. The van der Waals surface area contributed by atoms with Crippen LogP contribution in [-0.2, 0) is 0 Å². The number of aryl methyl sites for hydroxylation is 1. The van der Waals surface area contributed by atoms with Gasteiger partial charge in [0.1, 0.15) is 17.3 Å². The van der Waals surface area contributed by atoms with E-state index in [2.05, 4.69) is 85.2 Å². The minimum Gasteiger partial charge on any atom is -0.508 e. The van der Waals surface area contributed by atoms with Gasteiger partial charge in [-0.1, -0.05) is 67.2 Å². The van der Waals surface area contributed by atoms with Gasteiger partial charge in [-0.25, -0.2) is 0 Å². The summed E-state index contributed by atoms with van der Waals surface area (Å²) in [4.78, 5) is 0. The van der Waals surface area contributed by atoms with Crippen LogP contribution >= 0.6 is 12.8 Å². The number of ether oxygens (including phenoxy) is 1. The van der Waals surface area contributed by atoms with Crippen LogP contribution in [0.1, 0.15) is 23.6 Å². The van der Waals surface area contributed by atoms with Gasteiger partial charge in [-0.2, -0.15) is 0 Å². The van der Waals surface area contributed by atoms with Crippen LogP contribution in [0.15, 0.2) is 103 Å². The number of hydrogen-bond acceptors (Lipinski definition) is 4. The number of fused-ring (bicyclic) bond motifs is 1. The van der Waals surface area contributed by atoms with E-state index in [1.807, 2.05) is 38.1 Å². The van der Waals surface area contributed by atoms with Gasteiger partial charge in [-0.15, -0.1) is 12.8 Å². The Balaban J connectivity index is 0.00000133. The number of hydrogen-bond donors (Lipinski definition) is 3. The lowest BCUT2D eigenvalue weighted by Crippen LogP contribution is -2.07. The molecule has 0 atom stereocenters. The smallest absolute Gasteiger partial charge is 0.138 e. The van der Waals surface area contributed by atoms with Crippen LogP contribution in [0.4, 0.5) is 0 Å². The lowest BCUT2D eigenvalue weighted by Gasteiger charge is -2.25. The van der Waals surface area contributed by atoms with Gasteiger partial charge in [0.15, 0.2) is 0 Å². The average molecular weight is 466 g/mol. The van der Waals surface area contributed by atoms with Crippen molar-refractivity contribution >= 4 is 24.1 Å². The summed E-state index contributed by atoms with van der Waals surface area (Å²) in [7, 11) is 0. The predicted octanol–water partition coefficient (Wildman–Crippen LogP) is 7.66. The van der Waals surface area contributed by atoms with E-state index in [0.29, 0.717) is 0 Å². The number of phenolic OH excluding ortho intramolecular Hbond substituents is 1. The molecule has 0 aliphatic carbocycles. The fourth-order valence-electron chi connectivity index (χ4n) is 4.12. The molecule has 0 fully saturated rings. The summed E-state index contributed by atoms with van der Waals surface area (Å²) in [6.45, 7) is 8.27. The molecule has 0 saturated heterocycles. The third-order valence-electron chi connectivity index (χ3n) is 6.09. The Labute approximate surface area is 206 Å². The number of benzene rings is 4. The molecule has 5 rings (SSSR count). The normalized spacial score (nSPS) is 12.4. The molecule has 0 aromatic heterocycles. The highest BCUT2D eigenvalue weighted by Gasteiger charge is 2.22. The Kier molecular flexibility index (Phi) is 6.92. The van der Waals surface area contributed by atoms with Gasteiger partial charge in [0, 0.05) is 11.1 Å². The second-order valence-electron chi connectivity index (χ2n) is 8.19. The van der Waals surface area contributed by atoms with E-state index in [1.165, 1.54) is 11.1 Å². The Hall–Kier alpha value is -3.73. The van der Waals surface area contributed by atoms with Crippen LogP contribution in [0.3, 0.4) is 0 Å². The molecule has 1 aliphatic rings. The van der Waals surface area contributed by atoms with Crippen molar-refractivity contribution in [1.29, 1.82) is 0 Å². The molecule has 4 aromatic carbocycles. The van der Waals surface area contributed by atoms with E-state index in [0.717, 1.165) is 50.5 Å². The lowest BCUT2D eigenvalue weighted by atomic mass is 9.91. The van der Waals surface area contributed by atoms with Crippen LogP contribution in [0.25, 0.3) is 33.6 Å². The maximum atomic E-state index is 9.86. The molecule has 0 amide bonds. The number of rotatable bonds is 3. The van der Waals surface area contributed by atoms with E-state index in [-0.39, 0.29) is 5.75 Å². The molecule has 1 heterocycles. The molecule has 4 heteroatoms. The van der Waals surface area contributed by atoms with E-state index >= 15 is 0 Å². The highest BCUT2D eigenvalue weighted by Crippen LogP contribution is 2.43. The molecule has 0 saturated carbocycles. The van der Waals surface area contributed by atoms with Crippen molar-refractivity contribution in [2.24, 2.45) is 5.14 Å². The maximum absolute atomic E-state index is 9.86. The first kappa shape index (κ1) is 23.4. The molecule has 4 aromatic rings. The molecule has 1 aliphatic heterocycles. The predicted molar refractivity (Wildman–Crippen MR) is 146 cm³/mol. The minimum atomic E-state index is 0.282. The molecule has 3 N–H and O–H groups in total. The average Bonchev–Trinajstić information content (AvgIpc) is 2.89. The summed E-state index contributed by atoms with van der Waals surface area (Å²) >= 11 is 3.03. The largest absolute Gasteiger partial charge is 0.508 e. The quantitative estimate of drug-likeness (QED) is 0.272. The second-order valence-corrected chi connectivity index (χ2v) is 8.19. The topological polar surface area (TPSA) is 55.5 Å². The zero-order valence-electron chi connectivity index (χ0n) is 19.2. The van der Waals surface area contributed by atoms with Gasteiger partial charge in [0.25, 0.3) is 0 Å². The summed E-state index contributed by atoms with van der Waals surface area (Å²) in [6.07, 6.45) is 0. The van der Waals surface area contributed by atoms with Crippen molar-refractivity contribution in [3.05, 3.63) is 120 Å². The van der Waals surface area contributed by atoms with Crippen molar-refractivity contribution in [3.8, 4) is 33.8 Å². The second kappa shape index (κ2) is 10.0. The zero-order chi connectivity index (χ0) is 24.2. The molecular formula is C30H27NO2S.